The molecule has 0 amide bonds. The smallest absolute Gasteiger partial charge is 0.133 e. The zero-order valence-electron chi connectivity index (χ0n) is 17.9. The van der Waals surface area contributed by atoms with Crippen molar-refractivity contribution in [3.05, 3.63) is 11.6 Å². The number of carbonyl (C=O) groups is 1. The van der Waals surface area contributed by atoms with E-state index in [0.717, 1.165) is 44.9 Å². The molecule has 4 aliphatic carbocycles. The summed E-state index contributed by atoms with van der Waals surface area (Å²) in [4.78, 5) is 13.1. The van der Waals surface area contributed by atoms with Crippen molar-refractivity contribution in [3.8, 4) is 6.07 Å². The fourth-order valence-electron chi connectivity index (χ4n) is 8.20. The van der Waals surface area contributed by atoms with E-state index in [0.29, 0.717) is 17.8 Å². The molecule has 4 aliphatic rings. The molecular formula is C24H34N2O2S. The molecule has 0 heterocycles. The highest BCUT2D eigenvalue weighted by molar-refractivity contribution is 7.80. The summed E-state index contributed by atoms with van der Waals surface area (Å²) in [5, 5.41) is 20.0. The van der Waals surface area contributed by atoms with Gasteiger partial charge in [-0.1, -0.05) is 37.7 Å². The van der Waals surface area contributed by atoms with Gasteiger partial charge in [0, 0.05) is 5.92 Å². The Balaban J connectivity index is 1.71. The number of fused-ring (bicyclic) bond motifs is 5. The van der Waals surface area contributed by atoms with E-state index in [4.69, 9.17) is 18.0 Å². The number of aliphatic hydroxyl groups excluding tert-OH is 1. The molecule has 0 unspecified atom stereocenters. The van der Waals surface area contributed by atoms with Crippen molar-refractivity contribution in [2.75, 3.05) is 0 Å². The van der Waals surface area contributed by atoms with Crippen LogP contribution in [0.4, 0.5) is 0 Å². The van der Waals surface area contributed by atoms with Gasteiger partial charge in [-0.3, -0.25) is 4.79 Å². The number of rotatable bonds is 3. The van der Waals surface area contributed by atoms with Crippen LogP contribution in [0.1, 0.15) is 65.7 Å². The Morgan fingerprint density at radius 3 is 2.69 bits per heavy atom. The molecule has 0 bridgehead atoms. The molecule has 29 heavy (non-hydrogen) atoms. The lowest BCUT2D eigenvalue weighted by Gasteiger charge is -2.57. The normalized spacial score (nSPS) is 47.1. The van der Waals surface area contributed by atoms with Crippen LogP contribution in [0.3, 0.4) is 0 Å². The average molecular weight is 415 g/mol. The number of hydrogen-bond donors (Lipinski definition) is 2. The van der Waals surface area contributed by atoms with Crippen LogP contribution >= 0.6 is 12.2 Å². The minimum absolute atomic E-state index is 0.0601. The quantitative estimate of drug-likeness (QED) is 0.535. The fraction of sp³-hybridized carbons (Fsp3) is 0.792. The monoisotopic (exact) mass is 414 g/mol. The van der Waals surface area contributed by atoms with Crippen molar-refractivity contribution in [3.63, 3.8) is 0 Å². The predicted molar refractivity (Wildman–Crippen MR) is 117 cm³/mol. The van der Waals surface area contributed by atoms with Crippen molar-refractivity contribution in [2.24, 2.45) is 52.1 Å². The number of aliphatic hydroxyl groups is 1. The van der Waals surface area contributed by atoms with Crippen LogP contribution in [0.5, 0.6) is 0 Å². The van der Waals surface area contributed by atoms with Gasteiger partial charge < -0.3 is 10.8 Å². The summed E-state index contributed by atoms with van der Waals surface area (Å²) in [5.41, 5.74) is 7.49. The van der Waals surface area contributed by atoms with Gasteiger partial charge in [0.2, 0.25) is 0 Å². The van der Waals surface area contributed by atoms with Gasteiger partial charge in [0.25, 0.3) is 0 Å². The second kappa shape index (κ2) is 7.17. The molecule has 0 saturated heterocycles. The Hall–Kier alpha value is -1.25. The molecule has 5 heteroatoms. The Kier molecular flexibility index (Phi) is 5.19. The summed E-state index contributed by atoms with van der Waals surface area (Å²) in [6, 6.07) is 2.33. The number of hydrogen-bond acceptors (Lipinski definition) is 4. The third-order valence-corrected chi connectivity index (χ3v) is 9.75. The molecule has 3 fully saturated rings. The molecule has 0 radical (unpaired) electrons. The van der Waals surface area contributed by atoms with E-state index in [1.807, 2.05) is 0 Å². The zero-order chi connectivity index (χ0) is 21.1. The molecule has 3 N–H and O–H groups in total. The largest absolute Gasteiger partial charge is 0.393 e. The summed E-state index contributed by atoms with van der Waals surface area (Å²) in [6.07, 6.45) is 9.03. The summed E-state index contributed by atoms with van der Waals surface area (Å²) < 4.78 is 0. The molecule has 4 rings (SSSR count). The highest BCUT2D eigenvalue weighted by Crippen LogP contribution is 2.68. The summed E-state index contributed by atoms with van der Waals surface area (Å²) in [7, 11) is 0. The maximum absolute atomic E-state index is 12.8. The molecule has 3 saturated carbocycles. The maximum atomic E-state index is 12.8. The lowest BCUT2D eigenvalue weighted by molar-refractivity contribution is -0.129. The number of allylic oxidation sites excluding steroid dienone is 1. The van der Waals surface area contributed by atoms with Crippen LogP contribution < -0.4 is 5.73 Å². The van der Waals surface area contributed by atoms with E-state index in [-0.39, 0.29) is 39.5 Å². The number of ketones is 1. The lowest BCUT2D eigenvalue weighted by Crippen LogP contribution is -2.51. The van der Waals surface area contributed by atoms with Gasteiger partial charge in [-0.15, -0.1) is 0 Å². The second-order valence-corrected chi connectivity index (χ2v) is 11.2. The average Bonchev–Trinajstić information content (AvgIpc) is 2.95. The van der Waals surface area contributed by atoms with Crippen LogP contribution in [-0.4, -0.2) is 22.0 Å². The molecule has 0 spiro atoms. The van der Waals surface area contributed by atoms with Gasteiger partial charge in [-0.2, -0.15) is 5.26 Å². The second-order valence-electron chi connectivity index (χ2n) is 10.7. The number of nitrogens with two attached hydrogens (primary N) is 1. The van der Waals surface area contributed by atoms with E-state index in [2.05, 4.69) is 26.0 Å². The van der Waals surface area contributed by atoms with Crippen LogP contribution in [0.25, 0.3) is 0 Å². The van der Waals surface area contributed by atoms with Gasteiger partial charge in [0.1, 0.15) is 5.78 Å². The highest BCUT2D eigenvalue weighted by atomic mass is 32.1. The first-order valence-electron chi connectivity index (χ1n) is 11.2. The SMILES string of the molecule is CC(=O)[C@@H]1[C@H]([C@H](C#N)C(N)=S)C[C@@H]2[C@@H]3CC=C4C[C@H](O)CC[C@]4(C)[C@H]3CC[C@@]21C. The first-order chi connectivity index (χ1) is 13.6. The summed E-state index contributed by atoms with van der Waals surface area (Å²) in [5.74, 6) is 1.04. The lowest BCUT2D eigenvalue weighted by atomic mass is 9.47. The third-order valence-electron chi connectivity index (χ3n) is 9.49. The molecule has 0 aromatic rings. The number of nitrogens with zero attached hydrogens (tertiary/aromatic N) is 1. The van der Waals surface area contributed by atoms with E-state index in [1.165, 1.54) is 5.57 Å². The molecule has 0 aromatic heterocycles. The molecule has 4 nitrogen and oxygen atoms in total. The van der Waals surface area contributed by atoms with E-state index in [9.17, 15) is 15.2 Å². The summed E-state index contributed by atoms with van der Waals surface area (Å²) in [6.45, 7) is 6.39. The van der Waals surface area contributed by atoms with Crippen molar-refractivity contribution < 1.29 is 9.90 Å². The topological polar surface area (TPSA) is 87.1 Å². The van der Waals surface area contributed by atoms with Crippen LogP contribution in [0.2, 0.25) is 0 Å². The zero-order valence-corrected chi connectivity index (χ0v) is 18.7. The predicted octanol–water partition coefficient (Wildman–Crippen LogP) is 4.17. The Bertz CT molecular complexity index is 801. The van der Waals surface area contributed by atoms with Gasteiger partial charge in [0.05, 0.1) is 23.1 Å². The maximum Gasteiger partial charge on any atom is 0.133 e. The van der Waals surface area contributed by atoms with Crippen LogP contribution in [0, 0.1) is 57.7 Å². The van der Waals surface area contributed by atoms with Crippen molar-refractivity contribution in [1.82, 2.24) is 0 Å². The Labute approximate surface area is 179 Å². The van der Waals surface area contributed by atoms with Crippen molar-refractivity contribution in [2.45, 2.75) is 71.8 Å². The molecule has 9 atom stereocenters. The van der Waals surface area contributed by atoms with Crippen LogP contribution in [0.15, 0.2) is 11.6 Å². The van der Waals surface area contributed by atoms with Crippen molar-refractivity contribution in [1.29, 1.82) is 5.26 Å². The van der Waals surface area contributed by atoms with Gasteiger partial charge in [-0.05, 0) is 86.4 Å². The minimum Gasteiger partial charge on any atom is -0.393 e. The highest BCUT2D eigenvalue weighted by Gasteiger charge is 2.63. The van der Waals surface area contributed by atoms with Crippen molar-refractivity contribution >= 4 is 23.0 Å². The first kappa shape index (κ1) is 21.0. The molecular weight excluding hydrogens is 380 g/mol. The third kappa shape index (κ3) is 3.01. The standard InChI is InChI=1S/C24H34N2O2S/c1-13(27)21-17(18(12-25)22(26)29)11-20-16-5-4-14-10-15(28)6-8-23(14,2)19(16)7-9-24(20,21)3/h4,15-21,28H,5-11H2,1-3H3,(H2,26,29)/t15-,16-,17+,18+,19+,20-,21-,23+,24+/m1/s1. The number of thiocarbonyl (C=S) groups is 1. The van der Waals surface area contributed by atoms with Gasteiger partial charge in [0.15, 0.2) is 0 Å². The van der Waals surface area contributed by atoms with Gasteiger partial charge in [-0.25, -0.2) is 0 Å². The Morgan fingerprint density at radius 2 is 2.07 bits per heavy atom. The van der Waals surface area contributed by atoms with Gasteiger partial charge >= 0.3 is 0 Å². The minimum atomic E-state index is -0.519. The van der Waals surface area contributed by atoms with E-state index < -0.39 is 5.92 Å². The molecule has 0 aliphatic heterocycles. The van der Waals surface area contributed by atoms with Crippen LogP contribution in [-0.2, 0) is 4.79 Å². The van der Waals surface area contributed by atoms with E-state index >= 15 is 0 Å². The first-order valence-corrected chi connectivity index (χ1v) is 11.6. The van der Waals surface area contributed by atoms with E-state index in [1.54, 1.807) is 6.92 Å². The number of Topliss-reactive ketones (excluding diaryl/α,β-unsaturated/α-hetero) is 1. The number of carbonyl (C=O) groups excluding carboxylic acids is 1. The Morgan fingerprint density at radius 1 is 1.34 bits per heavy atom. The molecule has 0 aromatic carbocycles. The fourth-order valence-corrected chi connectivity index (χ4v) is 8.43. The molecule has 158 valence electrons. The summed E-state index contributed by atoms with van der Waals surface area (Å²) >= 11 is 5.22. The number of nitriles is 1.